The van der Waals surface area contributed by atoms with Gasteiger partial charge in [-0.3, -0.25) is 9.59 Å². The Morgan fingerprint density at radius 3 is 2.19 bits per heavy atom. The number of hydrogen-bond donors (Lipinski definition) is 3. The smallest absolute Gasteiger partial charge is 0.305 e. The quantitative estimate of drug-likeness (QED) is 0.616. The number of rotatable bonds is 7. The summed E-state index contributed by atoms with van der Waals surface area (Å²) in [6.07, 6.45) is 4.93. The minimum Gasteiger partial charge on any atom is -0.481 e. The van der Waals surface area contributed by atoms with Gasteiger partial charge in [-0.2, -0.15) is 0 Å². The standard InChI is InChI=1S/C26H33N3O3/c30-25(31)18-24(21-4-2-1-3-5-21)28-26(32)22-6-8-23(9-7-22)29-16-12-20(13-17-29)19-10-14-27-15-11-19/h1-9,19-20,24,27H,10-18H2,(H,28,32)(H,30,31). The fourth-order valence-electron chi connectivity index (χ4n) is 5.12. The SMILES string of the molecule is O=C(O)CC(NC(=O)c1ccc(N2CCC(C3CCNCC3)CC2)cc1)c1ccccc1. The molecule has 0 radical (unpaired) electrons. The molecule has 1 amide bonds. The molecule has 170 valence electrons. The zero-order chi connectivity index (χ0) is 22.3. The van der Waals surface area contributed by atoms with Gasteiger partial charge >= 0.3 is 5.97 Å². The van der Waals surface area contributed by atoms with E-state index in [0.29, 0.717) is 5.56 Å². The summed E-state index contributed by atoms with van der Waals surface area (Å²) in [5, 5.41) is 15.6. The van der Waals surface area contributed by atoms with Gasteiger partial charge in [0, 0.05) is 24.3 Å². The lowest BCUT2D eigenvalue weighted by Gasteiger charge is -2.38. The van der Waals surface area contributed by atoms with Gasteiger partial charge in [0.2, 0.25) is 0 Å². The van der Waals surface area contributed by atoms with Crippen molar-refractivity contribution in [3.63, 3.8) is 0 Å². The van der Waals surface area contributed by atoms with Crippen LogP contribution in [0.1, 0.15) is 54.1 Å². The largest absolute Gasteiger partial charge is 0.481 e. The number of anilines is 1. The Balaban J connectivity index is 1.34. The second-order valence-electron chi connectivity index (χ2n) is 8.99. The number of nitrogens with one attached hydrogen (secondary N) is 2. The molecular formula is C26H33N3O3. The number of nitrogens with zero attached hydrogens (tertiary/aromatic N) is 1. The predicted octanol–water partition coefficient (Wildman–Crippen LogP) is 3.85. The summed E-state index contributed by atoms with van der Waals surface area (Å²) in [5.74, 6) is 0.508. The third kappa shape index (κ3) is 5.68. The minimum atomic E-state index is -0.942. The van der Waals surface area contributed by atoms with Crippen molar-refractivity contribution in [1.29, 1.82) is 0 Å². The van der Waals surface area contributed by atoms with Crippen LogP contribution in [0.2, 0.25) is 0 Å². The molecule has 1 unspecified atom stereocenters. The Hall–Kier alpha value is -2.86. The molecule has 2 aromatic rings. The molecule has 6 nitrogen and oxygen atoms in total. The van der Waals surface area contributed by atoms with E-state index in [-0.39, 0.29) is 12.3 Å². The van der Waals surface area contributed by atoms with Crippen molar-refractivity contribution in [3.8, 4) is 0 Å². The van der Waals surface area contributed by atoms with Gasteiger partial charge in [-0.05, 0) is 80.4 Å². The molecule has 3 N–H and O–H groups in total. The van der Waals surface area contributed by atoms with E-state index in [0.717, 1.165) is 49.3 Å². The third-order valence-corrected chi connectivity index (χ3v) is 6.97. The number of carboxylic acids is 1. The topological polar surface area (TPSA) is 81.7 Å². The number of benzene rings is 2. The molecule has 0 aromatic heterocycles. The highest BCUT2D eigenvalue weighted by molar-refractivity contribution is 5.95. The van der Waals surface area contributed by atoms with Crippen LogP contribution in [0.15, 0.2) is 54.6 Å². The molecule has 2 fully saturated rings. The lowest BCUT2D eigenvalue weighted by molar-refractivity contribution is -0.137. The number of carbonyl (C=O) groups excluding carboxylic acids is 1. The summed E-state index contributed by atoms with van der Waals surface area (Å²) in [7, 11) is 0. The first-order chi connectivity index (χ1) is 15.6. The number of hydrogen-bond acceptors (Lipinski definition) is 4. The van der Waals surface area contributed by atoms with Crippen LogP contribution in [-0.4, -0.2) is 43.2 Å². The van der Waals surface area contributed by atoms with Gasteiger partial charge in [0.25, 0.3) is 5.91 Å². The molecule has 2 aromatic carbocycles. The van der Waals surface area contributed by atoms with Crippen molar-refractivity contribution < 1.29 is 14.7 Å². The van der Waals surface area contributed by atoms with Gasteiger partial charge in [0.15, 0.2) is 0 Å². The molecular weight excluding hydrogens is 402 g/mol. The summed E-state index contributed by atoms with van der Waals surface area (Å²) in [5.41, 5.74) is 2.48. The molecule has 2 aliphatic heterocycles. The van der Waals surface area contributed by atoms with Crippen LogP contribution in [0.3, 0.4) is 0 Å². The minimum absolute atomic E-state index is 0.153. The Labute approximate surface area is 190 Å². The van der Waals surface area contributed by atoms with Crippen LogP contribution in [-0.2, 0) is 4.79 Å². The maximum atomic E-state index is 12.8. The molecule has 0 bridgehead atoms. The van der Waals surface area contributed by atoms with Crippen molar-refractivity contribution >= 4 is 17.6 Å². The van der Waals surface area contributed by atoms with E-state index in [2.05, 4.69) is 15.5 Å². The van der Waals surface area contributed by atoms with Crippen molar-refractivity contribution in [2.24, 2.45) is 11.8 Å². The Kier molecular flexibility index (Phi) is 7.43. The molecule has 1 atom stereocenters. The fraction of sp³-hybridized carbons (Fsp3) is 0.462. The monoisotopic (exact) mass is 435 g/mol. The molecule has 32 heavy (non-hydrogen) atoms. The number of amides is 1. The van der Waals surface area contributed by atoms with E-state index >= 15 is 0 Å². The number of carboxylic acid groups (broad SMARTS) is 1. The summed E-state index contributed by atoms with van der Waals surface area (Å²) in [4.78, 5) is 26.5. The number of piperidine rings is 2. The van der Waals surface area contributed by atoms with Crippen molar-refractivity contribution in [1.82, 2.24) is 10.6 Å². The number of carbonyl (C=O) groups is 2. The molecule has 2 saturated heterocycles. The van der Waals surface area contributed by atoms with E-state index < -0.39 is 12.0 Å². The maximum Gasteiger partial charge on any atom is 0.305 e. The molecule has 0 saturated carbocycles. The first-order valence-corrected chi connectivity index (χ1v) is 11.7. The van der Waals surface area contributed by atoms with Crippen LogP contribution in [0, 0.1) is 11.8 Å². The first kappa shape index (κ1) is 22.3. The van der Waals surface area contributed by atoms with E-state index in [1.54, 1.807) is 0 Å². The Morgan fingerprint density at radius 2 is 1.56 bits per heavy atom. The zero-order valence-corrected chi connectivity index (χ0v) is 18.5. The van der Waals surface area contributed by atoms with Gasteiger partial charge in [0.05, 0.1) is 12.5 Å². The average Bonchev–Trinajstić information content (AvgIpc) is 2.84. The van der Waals surface area contributed by atoms with Crippen LogP contribution in [0.4, 0.5) is 5.69 Å². The highest BCUT2D eigenvalue weighted by Crippen LogP contribution is 2.32. The summed E-state index contributed by atoms with van der Waals surface area (Å²) in [6.45, 7) is 4.45. The van der Waals surface area contributed by atoms with Gasteiger partial charge in [0.1, 0.15) is 0 Å². The van der Waals surface area contributed by atoms with Crippen molar-refractivity contribution in [2.75, 3.05) is 31.1 Å². The molecule has 0 spiro atoms. The molecule has 4 rings (SSSR count). The predicted molar refractivity (Wildman–Crippen MR) is 126 cm³/mol. The molecule has 2 aliphatic rings. The van der Waals surface area contributed by atoms with Crippen LogP contribution < -0.4 is 15.5 Å². The number of aliphatic carboxylic acids is 1. The summed E-state index contributed by atoms with van der Waals surface area (Å²) < 4.78 is 0. The van der Waals surface area contributed by atoms with Crippen molar-refractivity contribution in [3.05, 3.63) is 65.7 Å². The highest BCUT2D eigenvalue weighted by atomic mass is 16.4. The summed E-state index contributed by atoms with van der Waals surface area (Å²) >= 11 is 0. The Morgan fingerprint density at radius 1 is 0.938 bits per heavy atom. The molecule has 2 heterocycles. The van der Waals surface area contributed by atoms with Gasteiger partial charge in [-0.15, -0.1) is 0 Å². The fourth-order valence-corrected chi connectivity index (χ4v) is 5.12. The van der Waals surface area contributed by atoms with Crippen molar-refractivity contribution in [2.45, 2.75) is 38.1 Å². The van der Waals surface area contributed by atoms with Gasteiger partial charge in [-0.25, -0.2) is 0 Å². The van der Waals surface area contributed by atoms with E-state index in [1.807, 2.05) is 54.6 Å². The third-order valence-electron chi connectivity index (χ3n) is 6.97. The molecule has 6 heteroatoms. The normalized spacial score (nSPS) is 18.8. The first-order valence-electron chi connectivity index (χ1n) is 11.7. The van der Waals surface area contributed by atoms with Crippen LogP contribution in [0.5, 0.6) is 0 Å². The highest BCUT2D eigenvalue weighted by Gasteiger charge is 2.27. The average molecular weight is 436 g/mol. The second-order valence-corrected chi connectivity index (χ2v) is 8.99. The van der Waals surface area contributed by atoms with E-state index in [9.17, 15) is 14.7 Å². The van der Waals surface area contributed by atoms with E-state index in [1.165, 1.54) is 25.7 Å². The maximum absolute atomic E-state index is 12.8. The van der Waals surface area contributed by atoms with E-state index in [4.69, 9.17) is 0 Å². The Bertz CT molecular complexity index is 886. The lowest BCUT2D eigenvalue weighted by atomic mass is 9.79. The van der Waals surface area contributed by atoms with Gasteiger partial charge in [-0.1, -0.05) is 30.3 Å². The van der Waals surface area contributed by atoms with Crippen LogP contribution >= 0.6 is 0 Å². The summed E-state index contributed by atoms with van der Waals surface area (Å²) in [6, 6.07) is 16.4. The lowest BCUT2D eigenvalue weighted by Crippen LogP contribution is -2.39. The van der Waals surface area contributed by atoms with Crippen LogP contribution in [0.25, 0.3) is 0 Å². The molecule has 0 aliphatic carbocycles. The second kappa shape index (κ2) is 10.6. The van der Waals surface area contributed by atoms with Gasteiger partial charge < -0.3 is 20.6 Å². The zero-order valence-electron chi connectivity index (χ0n) is 18.5.